The van der Waals surface area contributed by atoms with E-state index in [4.69, 9.17) is 9.47 Å². The summed E-state index contributed by atoms with van der Waals surface area (Å²) in [7, 11) is -17.6. The van der Waals surface area contributed by atoms with Crippen LogP contribution in [0.25, 0.3) is 10.8 Å². The van der Waals surface area contributed by atoms with Crippen molar-refractivity contribution in [2.24, 2.45) is 40.9 Å². The second kappa shape index (κ2) is 22.7. The molecule has 0 aliphatic heterocycles. The Morgan fingerprint density at radius 2 is 0.948 bits per heavy atom. The molecule has 0 unspecified atom stereocenters. The topological polar surface area (TPSA) is 367 Å². The highest BCUT2D eigenvalue weighted by Crippen LogP contribution is 2.44. The lowest BCUT2D eigenvalue weighted by Crippen LogP contribution is -2.08. The molecule has 77 heavy (non-hydrogen) atoms. The number of aryl methyl sites for hydroxylation is 5. The van der Waals surface area contributed by atoms with E-state index in [1.54, 1.807) is 108 Å². The highest BCUT2D eigenvalue weighted by atomic mass is 32.2. The average molecular weight is 1130 g/mol. The van der Waals surface area contributed by atoms with Gasteiger partial charge in [-0.05, 0) is 171 Å². The van der Waals surface area contributed by atoms with Crippen LogP contribution in [0.2, 0.25) is 0 Å². The zero-order valence-electron chi connectivity index (χ0n) is 41.5. The molecule has 0 heterocycles. The van der Waals surface area contributed by atoms with E-state index in [2.05, 4.69) is 46.2 Å². The zero-order valence-corrected chi connectivity index (χ0v) is 44.7. The number of methoxy groups -OCH3 is 1. The van der Waals surface area contributed by atoms with E-state index in [1.165, 1.54) is 18.2 Å². The van der Waals surface area contributed by atoms with Crippen molar-refractivity contribution in [1.82, 2.24) is 0 Å². The lowest BCUT2D eigenvalue weighted by atomic mass is 10.1. The number of phenolic OH excluding ortho intramolecular Hbond substituents is 1. The van der Waals surface area contributed by atoms with Gasteiger partial charge in [0.25, 0.3) is 40.5 Å². The number of nitrogens with zero attached hydrogens (tertiary/aromatic N) is 8. The summed E-state index contributed by atoms with van der Waals surface area (Å²) in [6.07, 6.45) is -0.133. The Kier molecular flexibility index (Phi) is 16.7. The van der Waals surface area contributed by atoms with Crippen molar-refractivity contribution in [3.63, 3.8) is 0 Å². The summed E-state index contributed by atoms with van der Waals surface area (Å²) in [4.78, 5) is -2.44. The van der Waals surface area contributed by atoms with Crippen LogP contribution >= 0.6 is 0 Å². The molecule has 0 saturated heterocycles. The molecule has 0 aliphatic carbocycles. The van der Waals surface area contributed by atoms with Crippen LogP contribution in [-0.4, -0.2) is 76.5 Å². The van der Waals surface area contributed by atoms with Gasteiger partial charge in [0.1, 0.15) is 38.4 Å². The van der Waals surface area contributed by atoms with E-state index in [-0.39, 0.29) is 35.5 Å². The molecule has 0 fully saturated rings. The van der Waals surface area contributed by atoms with Crippen LogP contribution < -0.4 is 14.8 Å². The van der Waals surface area contributed by atoms with E-state index in [0.29, 0.717) is 73.5 Å². The lowest BCUT2D eigenvalue weighted by molar-refractivity contribution is 0.317. The van der Waals surface area contributed by atoms with Gasteiger partial charge < -0.3 is 19.9 Å². The van der Waals surface area contributed by atoms with E-state index in [1.807, 2.05) is 0 Å². The van der Waals surface area contributed by atoms with Crippen LogP contribution in [-0.2, 0) is 40.5 Å². The molecular formula is C49H47N9O15S4. The first-order chi connectivity index (χ1) is 36.1. The summed E-state index contributed by atoms with van der Waals surface area (Å²) in [5.74, 6) is -0.455. The van der Waals surface area contributed by atoms with E-state index in [9.17, 15) is 57.0 Å². The van der Waals surface area contributed by atoms with Gasteiger partial charge in [0.15, 0.2) is 5.75 Å². The molecule has 7 rings (SSSR count). The molecule has 28 heteroatoms. The maximum atomic E-state index is 12.6. The number of nitrogens with one attached hydrogen (secondary N) is 1. The molecule has 0 saturated carbocycles. The number of fused-ring (bicyclic) bond motifs is 1. The molecule has 0 spiro atoms. The number of anilines is 2. The molecule has 0 amide bonds. The average Bonchev–Trinajstić information content (AvgIpc) is 3.35. The van der Waals surface area contributed by atoms with Gasteiger partial charge >= 0.3 is 0 Å². The minimum atomic E-state index is -5.06. The fourth-order valence-corrected chi connectivity index (χ4v) is 9.70. The number of phenols is 1. The molecular weight excluding hydrogens is 1080 g/mol. The Bertz CT molecular complexity index is 4080. The minimum absolute atomic E-state index is 0.0156. The number of rotatable bonds is 19. The summed E-state index contributed by atoms with van der Waals surface area (Å²) in [6, 6.07) is 25.1. The summed E-state index contributed by atoms with van der Waals surface area (Å²) in [5, 5.41) is 49.1. The Labute approximate surface area is 442 Å². The standard InChI is InChI=1S/C49H47N9O15S4/c1-27-19-41(54-57-44-22-31(5)43(26-45(44)73-16-7-17-74(60,61)62)55-51-38-15-13-36(75(63,64)65)25-46(38)76(66,67)68)28(2)18-39(27)52-53-40-20-30(4)42(21-29(40)3)56-58-48-47(77(69,70)71)24-32-23-34(10-14-37(32)49(48)59)50-33-8-11-35(72-6)12-9-33/h8-15,18-26,50,59H,7,16-17H2,1-6H3,(H,60,61,62)(H,63,64,65)(H,66,67,68)(H,69,70,71). The molecule has 7 aromatic carbocycles. The first kappa shape index (κ1) is 56.8. The van der Waals surface area contributed by atoms with Crippen molar-refractivity contribution in [3.8, 4) is 17.2 Å². The number of aromatic hydroxyl groups is 1. The second-order valence-corrected chi connectivity index (χ2v) is 22.9. The fourth-order valence-electron chi connectivity index (χ4n) is 7.32. The maximum Gasteiger partial charge on any atom is 0.296 e. The van der Waals surface area contributed by atoms with Gasteiger partial charge in [-0.1, -0.05) is 0 Å². The largest absolute Gasteiger partial charge is 0.505 e. The van der Waals surface area contributed by atoms with Gasteiger partial charge in [-0.2, -0.15) is 59.2 Å². The van der Waals surface area contributed by atoms with Crippen molar-refractivity contribution in [2.75, 3.05) is 24.8 Å². The monoisotopic (exact) mass is 1130 g/mol. The molecule has 7 aromatic rings. The smallest absolute Gasteiger partial charge is 0.296 e. The van der Waals surface area contributed by atoms with E-state index < -0.39 is 78.0 Å². The number of azo groups is 4. The highest BCUT2D eigenvalue weighted by molar-refractivity contribution is 7.87. The third kappa shape index (κ3) is 14.3. The SMILES string of the molecule is COc1ccc(Nc2ccc3c(O)c(N=Nc4cc(C)c(N=Nc5cc(C)c(N=Nc6cc(C)c(N=Nc7ccc(S(=O)(=O)O)cc7S(=O)(=O)O)cc6OCCCS(=O)(=O)O)cc5C)cc4C)c(S(=O)(=O)O)cc3c2)cc1. The quantitative estimate of drug-likeness (QED) is 0.0249. The van der Waals surface area contributed by atoms with Gasteiger partial charge in [0, 0.05) is 22.8 Å². The normalized spacial score (nSPS) is 12.7. The summed E-state index contributed by atoms with van der Waals surface area (Å²) in [6.45, 7) is 8.36. The van der Waals surface area contributed by atoms with E-state index in [0.717, 1.165) is 17.8 Å². The van der Waals surface area contributed by atoms with Crippen molar-refractivity contribution < 1.29 is 66.5 Å². The fraction of sp³-hybridized carbons (Fsp3) is 0.184. The third-order valence-electron chi connectivity index (χ3n) is 11.4. The number of hydrogen-bond donors (Lipinski definition) is 6. The van der Waals surface area contributed by atoms with Crippen molar-refractivity contribution in [2.45, 2.75) is 55.7 Å². The van der Waals surface area contributed by atoms with Gasteiger partial charge in [-0.15, -0.1) is 15.3 Å². The van der Waals surface area contributed by atoms with Crippen molar-refractivity contribution in [1.29, 1.82) is 0 Å². The number of benzene rings is 7. The molecule has 0 radical (unpaired) electrons. The lowest BCUT2D eigenvalue weighted by Gasteiger charge is -2.12. The first-order valence-electron chi connectivity index (χ1n) is 22.5. The Morgan fingerprint density at radius 1 is 0.481 bits per heavy atom. The number of hydrogen-bond acceptors (Lipinski definition) is 20. The van der Waals surface area contributed by atoms with Gasteiger partial charge in [0.05, 0.1) is 52.8 Å². The molecule has 24 nitrogen and oxygen atoms in total. The maximum absolute atomic E-state index is 12.6. The zero-order chi connectivity index (χ0) is 56.2. The summed E-state index contributed by atoms with van der Waals surface area (Å²) < 4.78 is 145. The van der Waals surface area contributed by atoms with Gasteiger partial charge in [-0.3, -0.25) is 18.2 Å². The molecule has 0 atom stereocenters. The molecule has 6 N–H and O–H groups in total. The van der Waals surface area contributed by atoms with Crippen molar-refractivity contribution in [3.05, 3.63) is 131 Å². The van der Waals surface area contributed by atoms with Crippen LogP contribution in [0.15, 0.2) is 159 Å². The first-order valence-corrected chi connectivity index (χ1v) is 28.4. The predicted octanol–water partition coefficient (Wildman–Crippen LogP) is 12.9. The van der Waals surface area contributed by atoms with Crippen LogP contribution in [0.5, 0.6) is 17.2 Å². The predicted molar refractivity (Wildman–Crippen MR) is 284 cm³/mol. The minimum Gasteiger partial charge on any atom is -0.505 e. The molecule has 402 valence electrons. The third-order valence-corrected chi connectivity index (χ3v) is 14.8. The van der Waals surface area contributed by atoms with Crippen LogP contribution in [0.3, 0.4) is 0 Å². The summed E-state index contributed by atoms with van der Waals surface area (Å²) >= 11 is 0. The Balaban J connectivity index is 1.12. The van der Waals surface area contributed by atoms with Crippen LogP contribution in [0.1, 0.15) is 34.2 Å². The van der Waals surface area contributed by atoms with E-state index >= 15 is 0 Å². The molecule has 0 aliphatic rings. The Hall–Kier alpha value is -7.96. The highest BCUT2D eigenvalue weighted by Gasteiger charge is 2.24. The molecule has 0 aromatic heterocycles. The van der Waals surface area contributed by atoms with Gasteiger partial charge in [0.2, 0.25) is 0 Å². The Morgan fingerprint density at radius 3 is 1.44 bits per heavy atom. The molecule has 0 bridgehead atoms. The van der Waals surface area contributed by atoms with Crippen LogP contribution in [0, 0.1) is 34.6 Å². The second-order valence-electron chi connectivity index (χ2n) is 17.2. The van der Waals surface area contributed by atoms with Gasteiger partial charge in [-0.25, -0.2) is 0 Å². The number of ether oxygens (including phenoxy) is 2. The van der Waals surface area contributed by atoms with Crippen molar-refractivity contribution >= 4 is 108 Å². The van der Waals surface area contributed by atoms with Crippen LogP contribution in [0.4, 0.5) is 56.9 Å². The summed E-state index contributed by atoms with van der Waals surface area (Å²) in [5.41, 5.74) is 5.06.